The quantitative estimate of drug-likeness (QED) is 0.808. The summed E-state index contributed by atoms with van der Waals surface area (Å²) in [6, 6.07) is 8.59. The van der Waals surface area contributed by atoms with Crippen molar-refractivity contribution < 1.29 is 23.1 Å². The van der Waals surface area contributed by atoms with E-state index in [2.05, 4.69) is 10.6 Å². The van der Waals surface area contributed by atoms with Crippen molar-refractivity contribution in [3.63, 3.8) is 0 Å². The summed E-state index contributed by atoms with van der Waals surface area (Å²) in [5.74, 6) is -2.67. The molecule has 0 bridgehead atoms. The SMILES string of the molecule is N#Cc1ccc(C(=O)Nc2cc(F)cc(C(=O)NCC3CCCOC3)c2)c(F)c1. The standard InChI is InChI=1S/C21H19F2N3O3/c22-16-7-15(20(27)25-11-14-2-1-5-29-12-14)8-17(9-16)26-21(28)18-4-3-13(10-24)6-19(18)23/h3-4,6-9,14H,1-2,5,11-12H2,(H,25,27)(H,26,28). The zero-order valence-corrected chi connectivity index (χ0v) is 15.5. The van der Waals surface area contributed by atoms with Gasteiger partial charge in [0, 0.05) is 24.4 Å². The second-order valence-corrected chi connectivity index (χ2v) is 6.78. The molecule has 0 saturated carbocycles. The summed E-state index contributed by atoms with van der Waals surface area (Å²) in [6.07, 6.45) is 1.88. The van der Waals surface area contributed by atoms with E-state index in [1.165, 1.54) is 18.2 Å². The topological polar surface area (TPSA) is 91.2 Å². The van der Waals surface area contributed by atoms with E-state index in [0.29, 0.717) is 13.2 Å². The molecule has 2 N–H and O–H groups in total. The summed E-state index contributed by atoms with van der Waals surface area (Å²) in [4.78, 5) is 24.6. The van der Waals surface area contributed by atoms with Crippen LogP contribution in [0, 0.1) is 28.9 Å². The van der Waals surface area contributed by atoms with E-state index in [1.54, 1.807) is 6.07 Å². The van der Waals surface area contributed by atoms with E-state index < -0.39 is 23.4 Å². The Bertz CT molecular complexity index is 966. The molecule has 1 fully saturated rings. The number of rotatable bonds is 5. The molecule has 1 heterocycles. The van der Waals surface area contributed by atoms with Crippen LogP contribution in [0.1, 0.15) is 39.1 Å². The summed E-state index contributed by atoms with van der Waals surface area (Å²) >= 11 is 0. The fourth-order valence-corrected chi connectivity index (χ4v) is 3.07. The molecule has 6 nitrogen and oxygen atoms in total. The average molecular weight is 399 g/mol. The van der Waals surface area contributed by atoms with Crippen molar-refractivity contribution >= 4 is 17.5 Å². The highest BCUT2D eigenvalue weighted by Gasteiger charge is 2.17. The normalized spacial score (nSPS) is 16.0. The maximum atomic E-state index is 14.0. The van der Waals surface area contributed by atoms with Gasteiger partial charge in [-0.05, 0) is 55.2 Å². The minimum absolute atomic E-state index is 0.0184. The molecule has 1 atom stereocenters. The van der Waals surface area contributed by atoms with Gasteiger partial charge in [-0.2, -0.15) is 5.26 Å². The second kappa shape index (κ2) is 9.26. The molecule has 2 amide bonds. The summed E-state index contributed by atoms with van der Waals surface area (Å²) in [6.45, 7) is 1.70. The molecule has 0 radical (unpaired) electrons. The second-order valence-electron chi connectivity index (χ2n) is 6.78. The number of ether oxygens (including phenoxy) is 1. The van der Waals surface area contributed by atoms with E-state index in [4.69, 9.17) is 10.00 Å². The third kappa shape index (κ3) is 5.36. The highest BCUT2D eigenvalue weighted by Crippen LogP contribution is 2.18. The van der Waals surface area contributed by atoms with Crippen LogP contribution in [0.2, 0.25) is 0 Å². The average Bonchev–Trinajstić information content (AvgIpc) is 2.72. The van der Waals surface area contributed by atoms with E-state index in [1.807, 2.05) is 0 Å². The Balaban J connectivity index is 1.69. The molecule has 150 valence electrons. The van der Waals surface area contributed by atoms with E-state index in [0.717, 1.165) is 37.6 Å². The number of halogens is 2. The van der Waals surface area contributed by atoms with Gasteiger partial charge in [-0.3, -0.25) is 9.59 Å². The van der Waals surface area contributed by atoms with Crippen molar-refractivity contribution in [3.05, 3.63) is 64.7 Å². The van der Waals surface area contributed by atoms with Crippen molar-refractivity contribution in [2.24, 2.45) is 5.92 Å². The highest BCUT2D eigenvalue weighted by atomic mass is 19.1. The summed E-state index contributed by atoms with van der Waals surface area (Å²) in [5.41, 5.74) is -0.161. The zero-order chi connectivity index (χ0) is 20.8. The molecule has 0 spiro atoms. The van der Waals surface area contributed by atoms with Gasteiger partial charge in [-0.1, -0.05) is 0 Å². The molecular weight excluding hydrogens is 380 g/mol. The first-order valence-electron chi connectivity index (χ1n) is 9.14. The van der Waals surface area contributed by atoms with Gasteiger partial charge in [0.2, 0.25) is 0 Å². The lowest BCUT2D eigenvalue weighted by atomic mass is 10.0. The molecule has 1 unspecified atom stereocenters. The van der Waals surface area contributed by atoms with Crippen LogP contribution >= 0.6 is 0 Å². The maximum Gasteiger partial charge on any atom is 0.258 e. The molecule has 2 aromatic rings. The number of nitriles is 1. The van der Waals surface area contributed by atoms with Crippen LogP contribution in [0.5, 0.6) is 0 Å². The van der Waals surface area contributed by atoms with Gasteiger partial charge in [-0.15, -0.1) is 0 Å². The van der Waals surface area contributed by atoms with Crippen molar-refractivity contribution in [1.29, 1.82) is 5.26 Å². The Labute approximate surface area is 166 Å². The molecule has 2 aromatic carbocycles. The van der Waals surface area contributed by atoms with Crippen molar-refractivity contribution in [3.8, 4) is 6.07 Å². The van der Waals surface area contributed by atoms with Gasteiger partial charge in [0.05, 0.1) is 23.8 Å². The third-order valence-corrected chi connectivity index (χ3v) is 4.57. The number of nitrogens with one attached hydrogen (secondary N) is 2. The van der Waals surface area contributed by atoms with E-state index in [-0.39, 0.29) is 28.3 Å². The number of nitrogens with zero attached hydrogens (tertiary/aromatic N) is 1. The number of benzene rings is 2. The third-order valence-electron chi connectivity index (χ3n) is 4.57. The smallest absolute Gasteiger partial charge is 0.258 e. The van der Waals surface area contributed by atoms with Crippen molar-refractivity contribution in [1.82, 2.24) is 5.32 Å². The monoisotopic (exact) mass is 399 g/mol. The van der Waals surface area contributed by atoms with Gasteiger partial charge in [0.25, 0.3) is 11.8 Å². The molecule has 3 rings (SSSR count). The number of carbonyl (C=O) groups excluding carboxylic acids is 2. The minimum Gasteiger partial charge on any atom is -0.381 e. The van der Waals surface area contributed by atoms with Gasteiger partial charge in [0.15, 0.2) is 0 Å². The molecule has 8 heteroatoms. The molecule has 1 saturated heterocycles. The predicted octanol–water partition coefficient (Wildman–Crippen LogP) is 3.25. The number of anilines is 1. The summed E-state index contributed by atoms with van der Waals surface area (Å²) in [7, 11) is 0. The molecule has 0 aromatic heterocycles. The van der Waals surface area contributed by atoms with E-state index >= 15 is 0 Å². The zero-order valence-electron chi connectivity index (χ0n) is 15.5. The molecule has 29 heavy (non-hydrogen) atoms. The van der Waals surface area contributed by atoms with Gasteiger partial charge in [-0.25, -0.2) is 8.78 Å². The number of hydrogen-bond donors (Lipinski definition) is 2. The summed E-state index contributed by atoms with van der Waals surface area (Å²) < 4.78 is 33.3. The Morgan fingerprint density at radius 1 is 1.17 bits per heavy atom. The van der Waals surface area contributed by atoms with Crippen LogP contribution in [0.4, 0.5) is 14.5 Å². The largest absolute Gasteiger partial charge is 0.381 e. The highest BCUT2D eigenvalue weighted by molar-refractivity contribution is 6.05. The van der Waals surface area contributed by atoms with Crippen LogP contribution in [0.3, 0.4) is 0 Å². The lowest BCUT2D eigenvalue weighted by Crippen LogP contribution is -2.33. The Hall–Kier alpha value is -3.31. The lowest BCUT2D eigenvalue weighted by Gasteiger charge is -2.22. The number of carbonyl (C=O) groups is 2. The predicted molar refractivity (Wildman–Crippen MR) is 101 cm³/mol. The van der Waals surface area contributed by atoms with Crippen LogP contribution in [-0.2, 0) is 4.74 Å². The van der Waals surface area contributed by atoms with E-state index in [9.17, 15) is 18.4 Å². The Morgan fingerprint density at radius 2 is 2.00 bits per heavy atom. The van der Waals surface area contributed by atoms with Crippen LogP contribution in [0.15, 0.2) is 36.4 Å². The van der Waals surface area contributed by atoms with Crippen LogP contribution in [0.25, 0.3) is 0 Å². The maximum absolute atomic E-state index is 14.0. The van der Waals surface area contributed by atoms with Gasteiger partial charge >= 0.3 is 0 Å². The first kappa shape index (κ1) is 20.4. The Morgan fingerprint density at radius 3 is 2.69 bits per heavy atom. The van der Waals surface area contributed by atoms with Crippen molar-refractivity contribution in [2.45, 2.75) is 12.8 Å². The van der Waals surface area contributed by atoms with Crippen LogP contribution < -0.4 is 10.6 Å². The molecule has 1 aliphatic heterocycles. The number of amides is 2. The van der Waals surface area contributed by atoms with Gasteiger partial charge < -0.3 is 15.4 Å². The van der Waals surface area contributed by atoms with Crippen molar-refractivity contribution in [2.75, 3.05) is 25.1 Å². The minimum atomic E-state index is -0.870. The Kier molecular flexibility index (Phi) is 6.52. The summed E-state index contributed by atoms with van der Waals surface area (Å²) in [5, 5.41) is 13.9. The first-order valence-corrected chi connectivity index (χ1v) is 9.14. The molecule has 0 aliphatic carbocycles. The first-order chi connectivity index (χ1) is 14.0. The number of hydrogen-bond acceptors (Lipinski definition) is 4. The molecule has 1 aliphatic rings. The van der Waals surface area contributed by atoms with Gasteiger partial charge in [0.1, 0.15) is 11.6 Å². The van der Waals surface area contributed by atoms with Crippen LogP contribution in [-0.4, -0.2) is 31.6 Å². The lowest BCUT2D eigenvalue weighted by molar-refractivity contribution is 0.0536. The fraction of sp³-hybridized carbons (Fsp3) is 0.286. The fourth-order valence-electron chi connectivity index (χ4n) is 3.07. The molecular formula is C21H19F2N3O3.